The molecule has 1 rings (SSSR count). The van der Waals surface area contributed by atoms with Gasteiger partial charge >= 0.3 is 0 Å². The van der Waals surface area contributed by atoms with Gasteiger partial charge in [0, 0.05) is 12.9 Å². The number of thiophene rings is 1. The van der Waals surface area contributed by atoms with Crippen LogP contribution >= 0.6 is 38.9 Å². The maximum atomic E-state index is 12.2. The zero-order chi connectivity index (χ0) is 12.5. The fraction of sp³-hybridized carbons (Fsp3) is 0.545. The second-order valence-electron chi connectivity index (χ2n) is 4.38. The zero-order valence-electron chi connectivity index (χ0n) is 9.80. The number of alkyl halides is 1. The molecule has 90 valence electrons. The molecule has 5 heteroatoms. The molecule has 1 aromatic heterocycles. The van der Waals surface area contributed by atoms with E-state index in [4.69, 9.17) is 11.6 Å². The molecule has 1 amide bonds. The van der Waals surface area contributed by atoms with Gasteiger partial charge in [-0.05, 0) is 48.3 Å². The Labute approximate surface area is 114 Å². The first-order valence-corrected chi connectivity index (χ1v) is 7.04. The molecule has 0 saturated carbocycles. The van der Waals surface area contributed by atoms with Crippen molar-refractivity contribution < 1.29 is 4.79 Å². The van der Waals surface area contributed by atoms with Gasteiger partial charge in [0.1, 0.15) is 0 Å². The fourth-order valence-corrected chi connectivity index (χ4v) is 2.78. The monoisotopic (exact) mass is 323 g/mol. The molecule has 0 saturated heterocycles. The van der Waals surface area contributed by atoms with Gasteiger partial charge in [0.05, 0.1) is 14.2 Å². The minimum absolute atomic E-state index is 0.0180. The van der Waals surface area contributed by atoms with Crippen molar-refractivity contribution >= 4 is 44.8 Å². The highest BCUT2D eigenvalue weighted by Crippen LogP contribution is 2.29. The minimum atomic E-state index is -0.330. The summed E-state index contributed by atoms with van der Waals surface area (Å²) in [6.07, 6.45) is 0. The van der Waals surface area contributed by atoms with Crippen molar-refractivity contribution in [2.45, 2.75) is 26.3 Å². The molecule has 0 aliphatic rings. The number of halogens is 2. The number of carbonyl (C=O) groups is 1. The van der Waals surface area contributed by atoms with E-state index < -0.39 is 0 Å². The summed E-state index contributed by atoms with van der Waals surface area (Å²) in [4.78, 5) is 14.6. The first-order chi connectivity index (χ1) is 7.29. The number of aryl methyl sites for hydroxylation is 1. The summed E-state index contributed by atoms with van der Waals surface area (Å²) in [6, 6.07) is 1.90. The van der Waals surface area contributed by atoms with E-state index in [1.807, 2.05) is 26.8 Å². The molecule has 0 fully saturated rings. The topological polar surface area (TPSA) is 20.3 Å². The molecule has 0 N–H and O–H groups in total. The number of rotatable bonds is 3. The highest BCUT2D eigenvalue weighted by molar-refractivity contribution is 9.11. The van der Waals surface area contributed by atoms with Crippen LogP contribution in [0.2, 0.25) is 0 Å². The normalized spacial score (nSPS) is 11.6. The molecule has 1 heterocycles. The summed E-state index contributed by atoms with van der Waals surface area (Å²) in [7, 11) is 1.79. The van der Waals surface area contributed by atoms with E-state index in [1.54, 1.807) is 11.9 Å². The summed E-state index contributed by atoms with van der Waals surface area (Å²) < 4.78 is 1.01. The lowest BCUT2D eigenvalue weighted by Crippen LogP contribution is -2.46. The van der Waals surface area contributed by atoms with E-state index in [0.29, 0.717) is 5.88 Å². The summed E-state index contributed by atoms with van der Waals surface area (Å²) in [6.45, 7) is 5.88. The molecule has 0 aliphatic heterocycles. The SMILES string of the molecule is Cc1cc(C(=O)N(C)C(C)(C)CCl)sc1Br. The van der Waals surface area contributed by atoms with Gasteiger partial charge in [-0.25, -0.2) is 0 Å². The van der Waals surface area contributed by atoms with Gasteiger partial charge in [0.25, 0.3) is 5.91 Å². The van der Waals surface area contributed by atoms with Crippen LogP contribution in [0.5, 0.6) is 0 Å². The van der Waals surface area contributed by atoms with Gasteiger partial charge in [-0.15, -0.1) is 22.9 Å². The van der Waals surface area contributed by atoms with Crippen LogP contribution in [0.25, 0.3) is 0 Å². The average Bonchev–Trinajstić information content (AvgIpc) is 2.57. The summed E-state index contributed by atoms with van der Waals surface area (Å²) in [5.74, 6) is 0.435. The Morgan fingerprint density at radius 2 is 2.19 bits per heavy atom. The molecule has 0 unspecified atom stereocenters. The van der Waals surface area contributed by atoms with Crippen molar-refractivity contribution in [3.05, 3.63) is 20.3 Å². The zero-order valence-corrected chi connectivity index (χ0v) is 13.0. The van der Waals surface area contributed by atoms with E-state index in [0.717, 1.165) is 14.2 Å². The third kappa shape index (κ3) is 2.79. The molecular formula is C11H15BrClNOS. The van der Waals surface area contributed by atoms with Crippen molar-refractivity contribution in [2.75, 3.05) is 12.9 Å². The Bertz CT molecular complexity index is 383. The van der Waals surface area contributed by atoms with Crippen LogP contribution in [0.15, 0.2) is 9.85 Å². The van der Waals surface area contributed by atoms with E-state index in [9.17, 15) is 4.79 Å². The van der Waals surface area contributed by atoms with Crippen LogP contribution in [0.4, 0.5) is 0 Å². The van der Waals surface area contributed by atoms with Crippen molar-refractivity contribution in [1.82, 2.24) is 4.90 Å². The number of amides is 1. The highest BCUT2D eigenvalue weighted by atomic mass is 79.9. The van der Waals surface area contributed by atoms with Crippen LogP contribution in [0.1, 0.15) is 29.1 Å². The minimum Gasteiger partial charge on any atom is -0.335 e. The Morgan fingerprint density at radius 3 is 2.56 bits per heavy atom. The van der Waals surface area contributed by atoms with Crippen molar-refractivity contribution in [1.29, 1.82) is 0 Å². The first kappa shape index (κ1) is 14.0. The third-order valence-corrected chi connectivity index (χ3v) is 5.39. The van der Waals surface area contributed by atoms with Crippen LogP contribution < -0.4 is 0 Å². The smallest absolute Gasteiger partial charge is 0.264 e. The molecule has 16 heavy (non-hydrogen) atoms. The molecule has 0 bridgehead atoms. The van der Waals surface area contributed by atoms with Crippen LogP contribution in [-0.2, 0) is 0 Å². The quantitative estimate of drug-likeness (QED) is 0.772. The van der Waals surface area contributed by atoms with E-state index in [-0.39, 0.29) is 11.4 Å². The third-order valence-electron chi connectivity index (χ3n) is 2.61. The van der Waals surface area contributed by atoms with Gasteiger partial charge in [-0.2, -0.15) is 0 Å². The Balaban J connectivity index is 2.94. The summed E-state index contributed by atoms with van der Waals surface area (Å²) in [5.41, 5.74) is 0.758. The number of hydrogen-bond donors (Lipinski definition) is 0. The van der Waals surface area contributed by atoms with Crippen molar-refractivity contribution in [3.8, 4) is 0 Å². The molecule has 0 aliphatic carbocycles. The average molecular weight is 325 g/mol. The Kier molecular flexibility index (Phi) is 4.43. The first-order valence-electron chi connectivity index (χ1n) is 4.89. The lowest BCUT2D eigenvalue weighted by Gasteiger charge is -2.33. The fourth-order valence-electron chi connectivity index (χ4n) is 1.10. The molecule has 0 aromatic carbocycles. The molecule has 1 aromatic rings. The number of hydrogen-bond acceptors (Lipinski definition) is 2. The molecule has 2 nitrogen and oxygen atoms in total. The highest BCUT2D eigenvalue weighted by Gasteiger charge is 2.28. The van der Waals surface area contributed by atoms with E-state index in [1.165, 1.54) is 11.3 Å². The van der Waals surface area contributed by atoms with Crippen molar-refractivity contribution in [2.24, 2.45) is 0 Å². The van der Waals surface area contributed by atoms with Gasteiger partial charge < -0.3 is 4.90 Å². The maximum Gasteiger partial charge on any atom is 0.264 e. The molecular weight excluding hydrogens is 310 g/mol. The summed E-state index contributed by atoms with van der Waals surface area (Å²) in [5, 5.41) is 0. The molecule has 0 spiro atoms. The van der Waals surface area contributed by atoms with Gasteiger partial charge in [0.15, 0.2) is 0 Å². The Hall–Kier alpha value is -0.0600. The van der Waals surface area contributed by atoms with Gasteiger partial charge in [-0.3, -0.25) is 4.79 Å². The van der Waals surface area contributed by atoms with E-state index in [2.05, 4.69) is 15.9 Å². The lowest BCUT2D eigenvalue weighted by atomic mass is 10.1. The Morgan fingerprint density at radius 1 is 1.62 bits per heavy atom. The maximum absolute atomic E-state index is 12.2. The molecule has 0 atom stereocenters. The van der Waals surface area contributed by atoms with Crippen LogP contribution in [0.3, 0.4) is 0 Å². The predicted molar refractivity (Wildman–Crippen MR) is 73.6 cm³/mol. The summed E-state index contributed by atoms with van der Waals surface area (Å²) >= 11 is 10.7. The largest absolute Gasteiger partial charge is 0.335 e. The second kappa shape index (κ2) is 5.07. The predicted octanol–water partition coefficient (Wildman–Crippen LogP) is 3.91. The van der Waals surface area contributed by atoms with Gasteiger partial charge in [-0.1, -0.05) is 0 Å². The van der Waals surface area contributed by atoms with Gasteiger partial charge in [0.2, 0.25) is 0 Å². The van der Waals surface area contributed by atoms with Crippen LogP contribution in [-0.4, -0.2) is 29.3 Å². The lowest BCUT2D eigenvalue weighted by molar-refractivity contribution is 0.0665. The van der Waals surface area contributed by atoms with E-state index >= 15 is 0 Å². The molecule has 0 radical (unpaired) electrons. The standard InChI is InChI=1S/C11H15BrClNOS/c1-7-5-8(16-9(7)12)10(15)14(4)11(2,3)6-13/h5H,6H2,1-4H3. The van der Waals surface area contributed by atoms with Crippen molar-refractivity contribution in [3.63, 3.8) is 0 Å². The second-order valence-corrected chi connectivity index (χ2v) is 7.01. The number of nitrogens with zero attached hydrogens (tertiary/aromatic N) is 1. The van der Waals surface area contributed by atoms with Crippen LogP contribution in [0, 0.1) is 6.92 Å². The number of carbonyl (C=O) groups excluding carboxylic acids is 1.